The largest absolute Gasteiger partial charge is 0.493 e. The Morgan fingerprint density at radius 2 is 2.14 bits per heavy atom. The first-order valence-electron chi connectivity index (χ1n) is 8.52. The van der Waals surface area contributed by atoms with E-state index in [-0.39, 0.29) is 12.1 Å². The van der Waals surface area contributed by atoms with Crippen LogP contribution in [0.15, 0.2) is 68.6 Å². The first-order valence-corrected chi connectivity index (χ1v) is 9.46. The number of aromatic nitrogens is 1. The molecule has 4 rings (SSSR count). The number of fused-ring (bicyclic) bond motifs is 1. The molecule has 140 valence electrons. The van der Waals surface area contributed by atoms with Gasteiger partial charge in [-0.2, -0.15) is 11.3 Å². The van der Waals surface area contributed by atoms with Crippen LogP contribution in [0.25, 0.3) is 22.2 Å². The third-order valence-corrected chi connectivity index (χ3v) is 4.97. The van der Waals surface area contributed by atoms with Crippen molar-refractivity contribution in [2.75, 3.05) is 7.11 Å². The second-order valence-corrected chi connectivity index (χ2v) is 6.85. The van der Waals surface area contributed by atoms with Gasteiger partial charge in [-0.25, -0.2) is 4.79 Å². The third kappa shape index (κ3) is 3.52. The number of pyridine rings is 1. The zero-order valence-corrected chi connectivity index (χ0v) is 15.8. The van der Waals surface area contributed by atoms with Crippen LogP contribution in [-0.2, 0) is 6.54 Å². The molecule has 1 N–H and O–H groups in total. The topological polar surface area (TPSA) is 81.4 Å². The van der Waals surface area contributed by atoms with Crippen molar-refractivity contribution in [3.8, 4) is 17.0 Å². The normalized spacial score (nSPS) is 10.8. The van der Waals surface area contributed by atoms with E-state index in [1.807, 2.05) is 29.0 Å². The summed E-state index contributed by atoms with van der Waals surface area (Å²) in [6.07, 6.45) is 1.70. The van der Waals surface area contributed by atoms with Crippen LogP contribution in [-0.4, -0.2) is 18.0 Å². The number of hydrogen-bond donors (Lipinski definition) is 1. The third-order valence-electron chi connectivity index (χ3n) is 4.28. The molecular formula is C21H16N2O4S. The van der Waals surface area contributed by atoms with Crippen molar-refractivity contribution in [2.45, 2.75) is 6.54 Å². The molecule has 0 fully saturated rings. The summed E-state index contributed by atoms with van der Waals surface area (Å²) in [4.78, 5) is 29.2. The molecule has 6 nitrogen and oxygen atoms in total. The molecule has 3 aromatic heterocycles. The predicted molar refractivity (Wildman–Crippen MR) is 108 cm³/mol. The van der Waals surface area contributed by atoms with E-state index in [2.05, 4.69) is 10.3 Å². The van der Waals surface area contributed by atoms with Crippen molar-refractivity contribution < 1.29 is 13.9 Å². The van der Waals surface area contributed by atoms with E-state index < -0.39 is 11.5 Å². The van der Waals surface area contributed by atoms with Gasteiger partial charge in [-0.3, -0.25) is 9.78 Å². The van der Waals surface area contributed by atoms with Gasteiger partial charge in [0, 0.05) is 29.1 Å². The summed E-state index contributed by atoms with van der Waals surface area (Å²) in [5.41, 5.74) is 2.32. The van der Waals surface area contributed by atoms with Crippen LogP contribution < -0.4 is 15.7 Å². The monoisotopic (exact) mass is 392 g/mol. The number of hydrogen-bond acceptors (Lipinski definition) is 6. The Balaban J connectivity index is 1.55. The van der Waals surface area contributed by atoms with Crippen LogP contribution in [0.3, 0.4) is 0 Å². The maximum absolute atomic E-state index is 12.5. The molecule has 0 bridgehead atoms. The van der Waals surface area contributed by atoms with Gasteiger partial charge < -0.3 is 14.5 Å². The summed E-state index contributed by atoms with van der Waals surface area (Å²) in [5, 5.41) is 7.38. The average molecular weight is 392 g/mol. The van der Waals surface area contributed by atoms with Gasteiger partial charge in [0.05, 0.1) is 12.8 Å². The van der Waals surface area contributed by atoms with E-state index >= 15 is 0 Å². The molecule has 0 aliphatic heterocycles. The molecule has 0 spiro atoms. The highest BCUT2D eigenvalue weighted by Crippen LogP contribution is 2.24. The minimum atomic E-state index is -0.705. The van der Waals surface area contributed by atoms with Gasteiger partial charge in [-0.1, -0.05) is 12.1 Å². The molecule has 1 amide bonds. The van der Waals surface area contributed by atoms with E-state index in [1.165, 1.54) is 13.2 Å². The minimum absolute atomic E-state index is 0.0483. The lowest BCUT2D eigenvalue weighted by atomic mass is 10.1. The summed E-state index contributed by atoms with van der Waals surface area (Å²) in [6.45, 7) is 0.272. The lowest BCUT2D eigenvalue weighted by Gasteiger charge is -2.08. The van der Waals surface area contributed by atoms with Gasteiger partial charge in [-0.05, 0) is 41.3 Å². The van der Waals surface area contributed by atoms with Gasteiger partial charge in [0.2, 0.25) is 0 Å². The van der Waals surface area contributed by atoms with Gasteiger partial charge in [-0.15, -0.1) is 0 Å². The molecule has 28 heavy (non-hydrogen) atoms. The number of para-hydroxylation sites is 1. The van der Waals surface area contributed by atoms with Crippen molar-refractivity contribution in [2.24, 2.45) is 0 Å². The number of ether oxygens (including phenoxy) is 1. The van der Waals surface area contributed by atoms with Crippen LogP contribution in [0.5, 0.6) is 5.75 Å². The number of carbonyl (C=O) groups excluding carboxylic acids is 1. The fraction of sp³-hybridized carbons (Fsp3) is 0.0952. The van der Waals surface area contributed by atoms with E-state index in [0.29, 0.717) is 16.7 Å². The van der Waals surface area contributed by atoms with Gasteiger partial charge in [0.15, 0.2) is 11.3 Å². The van der Waals surface area contributed by atoms with Crippen molar-refractivity contribution in [3.05, 3.63) is 81.0 Å². The molecule has 0 aliphatic rings. The summed E-state index contributed by atoms with van der Waals surface area (Å²) < 4.78 is 10.5. The first-order chi connectivity index (χ1) is 13.7. The van der Waals surface area contributed by atoms with Crippen LogP contribution in [0.1, 0.15) is 15.9 Å². The highest BCUT2D eigenvalue weighted by molar-refractivity contribution is 7.08. The Bertz CT molecular complexity index is 1200. The lowest BCUT2D eigenvalue weighted by Crippen LogP contribution is -2.27. The standard InChI is InChI=1S/C21H16N2O4S/c1-26-18-4-2-3-14-10-16(21(25)27-19(14)18)20(24)23-11-13-5-7-22-17(9-13)15-6-8-28-12-15/h2-10,12H,11H2,1H3,(H,23,24). The fourth-order valence-corrected chi connectivity index (χ4v) is 3.52. The summed E-state index contributed by atoms with van der Waals surface area (Å²) in [5.74, 6) is -0.0494. The van der Waals surface area contributed by atoms with Crippen molar-refractivity contribution in [1.29, 1.82) is 0 Å². The Morgan fingerprint density at radius 3 is 2.93 bits per heavy atom. The zero-order valence-electron chi connectivity index (χ0n) is 15.0. The number of methoxy groups -OCH3 is 1. The molecule has 0 aliphatic carbocycles. The molecule has 0 atom stereocenters. The van der Waals surface area contributed by atoms with Crippen LogP contribution in [0.2, 0.25) is 0 Å². The van der Waals surface area contributed by atoms with Crippen LogP contribution in [0, 0.1) is 0 Å². The SMILES string of the molecule is COc1cccc2cc(C(=O)NCc3ccnc(-c4ccsc4)c3)c(=O)oc12. The van der Waals surface area contributed by atoms with Gasteiger partial charge >= 0.3 is 5.63 Å². The molecule has 1 aromatic carbocycles. The number of rotatable bonds is 5. The molecule has 0 radical (unpaired) electrons. The highest BCUT2D eigenvalue weighted by atomic mass is 32.1. The highest BCUT2D eigenvalue weighted by Gasteiger charge is 2.15. The Hall–Kier alpha value is -3.45. The Kier molecular flexibility index (Phi) is 4.90. The summed E-state index contributed by atoms with van der Waals surface area (Å²) in [6, 6.07) is 12.5. The molecule has 7 heteroatoms. The van der Waals surface area contributed by atoms with Crippen LogP contribution in [0.4, 0.5) is 0 Å². The number of nitrogens with one attached hydrogen (secondary N) is 1. The van der Waals surface area contributed by atoms with Gasteiger partial charge in [0.25, 0.3) is 5.91 Å². The van der Waals surface area contributed by atoms with E-state index in [0.717, 1.165) is 16.8 Å². The quantitative estimate of drug-likeness (QED) is 0.522. The number of thiophene rings is 1. The first kappa shape index (κ1) is 17.9. The van der Waals surface area contributed by atoms with Crippen molar-refractivity contribution >= 4 is 28.2 Å². The fourth-order valence-electron chi connectivity index (χ4n) is 2.87. The van der Waals surface area contributed by atoms with Gasteiger partial charge in [0.1, 0.15) is 5.56 Å². The molecule has 0 saturated carbocycles. The second kappa shape index (κ2) is 7.66. The number of benzene rings is 1. The predicted octanol–water partition coefficient (Wildman–Crippen LogP) is 3.86. The molecule has 0 saturated heterocycles. The molecule has 0 unspecified atom stereocenters. The average Bonchev–Trinajstić information content (AvgIpc) is 3.26. The van der Waals surface area contributed by atoms with E-state index in [9.17, 15) is 9.59 Å². The second-order valence-electron chi connectivity index (χ2n) is 6.07. The number of carbonyl (C=O) groups is 1. The molecule has 3 heterocycles. The summed E-state index contributed by atoms with van der Waals surface area (Å²) >= 11 is 1.60. The lowest BCUT2D eigenvalue weighted by molar-refractivity contribution is 0.0947. The maximum atomic E-state index is 12.5. The smallest absolute Gasteiger partial charge is 0.349 e. The zero-order chi connectivity index (χ0) is 19.5. The molecular weight excluding hydrogens is 376 g/mol. The minimum Gasteiger partial charge on any atom is -0.493 e. The van der Waals surface area contributed by atoms with E-state index in [4.69, 9.17) is 9.15 Å². The number of amides is 1. The number of nitrogens with zero attached hydrogens (tertiary/aromatic N) is 1. The Morgan fingerprint density at radius 1 is 1.25 bits per heavy atom. The Labute approximate surface area is 164 Å². The maximum Gasteiger partial charge on any atom is 0.349 e. The van der Waals surface area contributed by atoms with Crippen LogP contribution >= 0.6 is 11.3 Å². The van der Waals surface area contributed by atoms with E-state index in [1.54, 1.807) is 35.7 Å². The van der Waals surface area contributed by atoms with Crippen molar-refractivity contribution in [1.82, 2.24) is 10.3 Å². The van der Waals surface area contributed by atoms with Crippen molar-refractivity contribution in [3.63, 3.8) is 0 Å². The summed E-state index contributed by atoms with van der Waals surface area (Å²) in [7, 11) is 1.49. The molecule has 4 aromatic rings.